The van der Waals surface area contributed by atoms with Crippen LogP contribution < -0.4 is 0 Å². The molecule has 0 aliphatic carbocycles. The fourth-order valence-corrected chi connectivity index (χ4v) is 1.96. The zero-order valence-electron chi connectivity index (χ0n) is 8.02. The van der Waals surface area contributed by atoms with Gasteiger partial charge in [-0.3, -0.25) is 4.79 Å². The molecule has 3 nitrogen and oxygen atoms in total. The first-order chi connectivity index (χ1) is 7.18. The molecule has 15 heavy (non-hydrogen) atoms. The first kappa shape index (κ1) is 10.5. The quantitative estimate of drug-likeness (QED) is 0.859. The lowest BCUT2D eigenvalue weighted by atomic mass is 9.85. The van der Waals surface area contributed by atoms with Crippen LogP contribution in [-0.4, -0.2) is 24.3 Å². The van der Waals surface area contributed by atoms with Crippen molar-refractivity contribution in [1.82, 2.24) is 0 Å². The molecule has 1 aromatic rings. The number of ether oxygens (including phenoxy) is 1. The van der Waals surface area contributed by atoms with E-state index in [2.05, 4.69) is 0 Å². The molecule has 0 aromatic heterocycles. The van der Waals surface area contributed by atoms with Gasteiger partial charge in [-0.25, -0.2) is 0 Å². The monoisotopic (exact) mass is 226 g/mol. The highest BCUT2D eigenvalue weighted by atomic mass is 35.5. The lowest BCUT2D eigenvalue weighted by Crippen LogP contribution is -2.36. The van der Waals surface area contributed by atoms with Crippen LogP contribution in [0.25, 0.3) is 0 Å². The smallest absolute Gasteiger partial charge is 0.311 e. The molecule has 0 spiro atoms. The van der Waals surface area contributed by atoms with Gasteiger partial charge in [0.1, 0.15) is 0 Å². The van der Waals surface area contributed by atoms with E-state index in [0.29, 0.717) is 18.2 Å². The number of aliphatic carboxylic acids is 1. The molecule has 0 radical (unpaired) electrons. The van der Waals surface area contributed by atoms with Gasteiger partial charge in [-0.2, -0.15) is 0 Å². The Balaban J connectivity index is 2.27. The van der Waals surface area contributed by atoms with Gasteiger partial charge in [0.15, 0.2) is 0 Å². The second-order valence-electron chi connectivity index (χ2n) is 3.67. The Hall–Kier alpha value is -1.06. The zero-order chi connectivity index (χ0) is 10.8. The first-order valence-corrected chi connectivity index (χ1v) is 5.12. The maximum atomic E-state index is 11.1. The van der Waals surface area contributed by atoms with Crippen molar-refractivity contribution >= 4 is 17.6 Å². The van der Waals surface area contributed by atoms with E-state index in [9.17, 15) is 4.79 Å². The van der Waals surface area contributed by atoms with Gasteiger partial charge in [0.25, 0.3) is 0 Å². The molecular weight excluding hydrogens is 216 g/mol. The minimum atomic E-state index is -0.814. The lowest BCUT2D eigenvalue weighted by molar-refractivity contribution is -0.146. The maximum Gasteiger partial charge on any atom is 0.311 e. The van der Waals surface area contributed by atoms with Crippen molar-refractivity contribution in [1.29, 1.82) is 0 Å². The van der Waals surface area contributed by atoms with Crippen molar-refractivity contribution in [2.75, 3.05) is 13.2 Å². The van der Waals surface area contributed by atoms with Gasteiger partial charge < -0.3 is 9.84 Å². The number of rotatable bonds is 3. The fourth-order valence-electron chi connectivity index (χ4n) is 1.76. The van der Waals surface area contributed by atoms with E-state index in [4.69, 9.17) is 21.4 Å². The number of carboxylic acid groups (broad SMARTS) is 1. The second-order valence-corrected chi connectivity index (χ2v) is 4.10. The summed E-state index contributed by atoms with van der Waals surface area (Å²) in [4.78, 5) is 11.1. The Morgan fingerprint density at radius 1 is 1.53 bits per heavy atom. The van der Waals surface area contributed by atoms with Crippen LogP contribution in [0.5, 0.6) is 0 Å². The molecule has 0 bridgehead atoms. The molecule has 80 valence electrons. The maximum absolute atomic E-state index is 11.1. The van der Waals surface area contributed by atoms with Crippen molar-refractivity contribution in [3.05, 3.63) is 34.9 Å². The Morgan fingerprint density at radius 2 is 2.27 bits per heavy atom. The highest BCUT2D eigenvalue weighted by molar-refractivity contribution is 6.30. The van der Waals surface area contributed by atoms with Gasteiger partial charge in [-0.15, -0.1) is 0 Å². The topological polar surface area (TPSA) is 46.5 Å². The van der Waals surface area contributed by atoms with E-state index in [1.807, 2.05) is 0 Å². The zero-order valence-corrected chi connectivity index (χ0v) is 8.78. The molecular formula is C11H11ClO3. The Kier molecular flexibility index (Phi) is 2.93. The average Bonchev–Trinajstić information content (AvgIpc) is 2.10. The number of hydrogen-bond acceptors (Lipinski definition) is 2. The summed E-state index contributed by atoms with van der Waals surface area (Å²) < 4.78 is 5.02. The summed E-state index contributed by atoms with van der Waals surface area (Å²) in [6.07, 6.45) is 0. The van der Waals surface area contributed by atoms with Crippen LogP contribution in [-0.2, 0) is 9.53 Å². The van der Waals surface area contributed by atoms with Crippen LogP contribution in [0, 0.1) is 5.92 Å². The van der Waals surface area contributed by atoms with Crippen LogP contribution in [0.2, 0.25) is 5.02 Å². The van der Waals surface area contributed by atoms with Crippen molar-refractivity contribution in [3.63, 3.8) is 0 Å². The molecule has 1 aliphatic rings. The van der Waals surface area contributed by atoms with Gasteiger partial charge in [-0.1, -0.05) is 23.7 Å². The number of benzene rings is 1. The molecule has 1 aromatic carbocycles. The predicted molar refractivity (Wildman–Crippen MR) is 56.1 cm³/mol. The Labute approximate surface area is 92.6 Å². The number of carboxylic acids is 1. The average molecular weight is 227 g/mol. The number of halogens is 1. The summed E-state index contributed by atoms with van der Waals surface area (Å²) in [5, 5.41) is 9.72. The van der Waals surface area contributed by atoms with Crippen LogP contribution >= 0.6 is 11.6 Å². The van der Waals surface area contributed by atoms with Gasteiger partial charge in [0.2, 0.25) is 0 Å². The third-order valence-corrected chi connectivity index (χ3v) is 2.84. The van der Waals surface area contributed by atoms with Crippen molar-refractivity contribution < 1.29 is 14.6 Å². The van der Waals surface area contributed by atoms with E-state index in [-0.39, 0.29) is 5.92 Å². The third kappa shape index (κ3) is 2.13. The van der Waals surface area contributed by atoms with Crippen molar-refractivity contribution in [2.45, 2.75) is 5.92 Å². The molecule has 2 rings (SSSR count). The molecule has 4 heteroatoms. The van der Waals surface area contributed by atoms with E-state index < -0.39 is 11.9 Å². The third-order valence-electron chi connectivity index (χ3n) is 2.61. The van der Waals surface area contributed by atoms with E-state index in [0.717, 1.165) is 5.56 Å². The number of hydrogen-bond donors (Lipinski definition) is 1. The molecule has 1 N–H and O–H groups in total. The molecule has 1 fully saturated rings. The van der Waals surface area contributed by atoms with Crippen LogP contribution in [0.1, 0.15) is 11.5 Å². The molecule has 0 amide bonds. The highest BCUT2D eigenvalue weighted by Gasteiger charge is 2.34. The van der Waals surface area contributed by atoms with E-state index in [1.54, 1.807) is 24.3 Å². The molecule has 1 heterocycles. The summed E-state index contributed by atoms with van der Waals surface area (Å²) in [5.74, 6) is -1.25. The van der Waals surface area contributed by atoms with Gasteiger partial charge in [0.05, 0.1) is 19.1 Å². The first-order valence-electron chi connectivity index (χ1n) is 4.74. The summed E-state index contributed by atoms with van der Waals surface area (Å²) in [5.41, 5.74) is 0.753. The van der Waals surface area contributed by atoms with Gasteiger partial charge in [-0.05, 0) is 17.7 Å². The minimum Gasteiger partial charge on any atom is -0.481 e. The molecule has 1 atom stereocenters. The molecule has 1 saturated heterocycles. The van der Waals surface area contributed by atoms with Gasteiger partial charge >= 0.3 is 5.97 Å². The normalized spacial score (nSPS) is 18.2. The minimum absolute atomic E-state index is 0.0703. The number of carbonyl (C=O) groups is 1. The SMILES string of the molecule is O=C(O)C(c1cccc(Cl)c1)C1COC1. The van der Waals surface area contributed by atoms with Gasteiger partial charge in [0, 0.05) is 10.9 Å². The summed E-state index contributed by atoms with van der Waals surface area (Å²) in [6.45, 7) is 1.03. The standard InChI is InChI=1S/C11H11ClO3/c12-9-3-1-2-7(4-9)10(11(13)14)8-5-15-6-8/h1-4,8,10H,5-6H2,(H,13,14). The summed E-state index contributed by atoms with van der Waals surface area (Å²) in [7, 11) is 0. The molecule has 1 aliphatic heterocycles. The van der Waals surface area contributed by atoms with Crippen LogP contribution in [0.4, 0.5) is 0 Å². The lowest BCUT2D eigenvalue weighted by Gasteiger charge is -2.31. The second kappa shape index (κ2) is 4.21. The Morgan fingerprint density at radius 3 is 2.73 bits per heavy atom. The van der Waals surface area contributed by atoms with E-state index in [1.165, 1.54) is 0 Å². The van der Waals surface area contributed by atoms with Crippen molar-refractivity contribution in [2.24, 2.45) is 5.92 Å². The molecule has 1 unspecified atom stereocenters. The van der Waals surface area contributed by atoms with Crippen molar-refractivity contribution in [3.8, 4) is 0 Å². The Bertz CT molecular complexity index is 374. The largest absolute Gasteiger partial charge is 0.481 e. The van der Waals surface area contributed by atoms with Crippen LogP contribution in [0.3, 0.4) is 0 Å². The fraction of sp³-hybridized carbons (Fsp3) is 0.364. The highest BCUT2D eigenvalue weighted by Crippen LogP contribution is 2.31. The molecule has 0 saturated carbocycles. The summed E-state index contributed by atoms with van der Waals surface area (Å²) in [6, 6.07) is 7.01. The van der Waals surface area contributed by atoms with Crippen LogP contribution in [0.15, 0.2) is 24.3 Å². The van der Waals surface area contributed by atoms with E-state index >= 15 is 0 Å². The predicted octanol–water partition coefficient (Wildman–Crippen LogP) is 2.15. The summed E-state index contributed by atoms with van der Waals surface area (Å²) >= 11 is 5.84.